The van der Waals surface area contributed by atoms with E-state index in [9.17, 15) is 4.79 Å². The molecule has 12 heavy (non-hydrogen) atoms. The van der Waals surface area contributed by atoms with E-state index in [2.05, 4.69) is 13.8 Å². The van der Waals surface area contributed by atoms with E-state index in [0.717, 1.165) is 25.9 Å². The van der Waals surface area contributed by atoms with E-state index < -0.39 is 0 Å². The summed E-state index contributed by atoms with van der Waals surface area (Å²) in [4.78, 5) is 13.2. The molecule has 0 saturated carbocycles. The van der Waals surface area contributed by atoms with Crippen molar-refractivity contribution in [3.8, 4) is 0 Å². The van der Waals surface area contributed by atoms with Gasteiger partial charge in [-0.2, -0.15) is 0 Å². The highest BCUT2D eigenvalue weighted by molar-refractivity contribution is 6.30. The van der Waals surface area contributed by atoms with Gasteiger partial charge in [0.15, 0.2) is 0 Å². The monoisotopic (exact) mass is 191 g/mol. The van der Waals surface area contributed by atoms with Gasteiger partial charge in [-0.15, -0.1) is 11.6 Å². The molecule has 0 aromatic heterocycles. The number of carbonyl (C=O) groups is 1. The van der Waals surface area contributed by atoms with Crippen LogP contribution in [0.2, 0.25) is 0 Å². The molecule has 0 radical (unpaired) electrons. The first-order valence-electron chi connectivity index (χ1n) is 4.56. The number of carbonyl (C=O) groups excluding carboxylic acids is 1. The molecule has 0 heterocycles. The average Bonchev–Trinajstić information content (AvgIpc) is 2.03. The number of amides is 1. The Hall–Kier alpha value is -0.240. The van der Waals surface area contributed by atoms with Crippen molar-refractivity contribution in [3.05, 3.63) is 0 Å². The molecule has 0 unspecified atom stereocenters. The molecule has 0 spiro atoms. The third kappa shape index (κ3) is 3.96. The summed E-state index contributed by atoms with van der Waals surface area (Å²) in [5, 5.41) is -0.386. The summed E-state index contributed by atoms with van der Waals surface area (Å²) in [6, 6.07) is 0. The minimum Gasteiger partial charge on any atom is -0.341 e. The molecular weight excluding hydrogens is 174 g/mol. The molecule has 0 aromatic rings. The lowest BCUT2D eigenvalue weighted by Gasteiger charge is -2.22. The van der Waals surface area contributed by atoms with E-state index in [0.29, 0.717) is 0 Å². The summed E-state index contributed by atoms with van der Waals surface area (Å²) in [6.45, 7) is 7.50. The van der Waals surface area contributed by atoms with Crippen LogP contribution in [-0.2, 0) is 4.79 Å². The van der Waals surface area contributed by atoms with Crippen molar-refractivity contribution in [2.24, 2.45) is 0 Å². The molecule has 0 fully saturated rings. The van der Waals surface area contributed by atoms with Crippen LogP contribution in [0.1, 0.15) is 33.6 Å². The van der Waals surface area contributed by atoms with Gasteiger partial charge in [0.1, 0.15) is 5.38 Å². The predicted molar refractivity (Wildman–Crippen MR) is 52.5 cm³/mol. The van der Waals surface area contributed by atoms with Crippen LogP contribution in [0, 0.1) is 0 Å². The van der Waals surface area contributed by atoms with Crippen LogP contribution in [0.4, 0.5) is 0 Å². The molecule has 3 heteroatoms. The quantitative estimate of drug-likeness (QED) is 0.611. The van der Waals surface area contributed by atoms with Crippen molar-refractivity contribution in [1.82, 2.24) is 4.90 Å². The number of halogens is 1. The van der Waals surface area contributed by atoms with Gasteiger partial charge in [-0.3, -0.25) is 4.79 Å². The van der Waals surface area contributed by atoms with Crippen LogP contribution in [0.15, 0.2) is 0 Å². The summed E-state index contributed by atoms with van der Waals surface area (Å²) in [7, 11) is 0. The highest BCUT2D eigenvalue weighted by Gasteiger charge is 2.16. The Kier molecular flexibility index (Phi) is 6.17. The lowest BCUT2D eigenvalue weighted by atomic mass is 10.3. The van der Waals surface area contributed by atoms with Gasteiger partial charge < -0.3 is 4.90 Å². The molecule has 0 aromatic carbocycles. The standard InChI is InChI=1S/C9H18ClNO/c1-4-6-11(7-5-2)9(12)8(3)10/h8H,4-7H2,1-3H3/t8-/m1/s1. The maximum Gasteiger partial charge on any atom is 0.240 e. The smallest absolute Gasteiger partial charge is 0.240 e. The van der Waals surface area contributed by atoms with Gasteiger partial charge in [0.25, 0.3) is 0 Å². The Morgan fingerprint density at radius 1 is 1.33 bits per heavy atom. The minimum atomic E-state index is -0.386. The van der Waals surface area contributed by atoms with E-state index in [-0.39, 0.29) is 11.3 Å². The van der Waals surface area contributed by atoms with Crippen LogP contribution in [0.25, 0.3) is 0 Å². The predicted octanol–water partition coefficient (Wildman–Crippen LogP) is 2.26. The van der Waals surface area contributed by atoms with Crippen LogP contribution in [0.3, 0.4) is 0 Å². The topological polar surface area (TPSA) is 20.3 Å². The number of hydrogen-bond acceptors (Lipinski definition) is 1. The second-order valence-corrected chi connectivity index (χ2v) is 3.60. The molecule has 0 bridgehead atoms. The summed E-state index contributed by atoms with van der Waals surface area (Å²) >= 11 is 5.70. The Bertz CT molecular complexity index is 130. The van der Waals surface area contributed by atoms with Crippen molar-refractivity contribution >= 4 is 17.5 Å². The molecule has 0 rings (SSSR count). The molecule has 72 valence electrons. The Balaban J connectivity index is 3.99. The first-order chi connectivity index (χ1) is 5.63. The third-order valence-electron chi connectivity index (χ3n) is 1.64. The summed E-state index contributed by atoms with van der Waals surface area (Å²) in [5.74, 6) is 0.0559. The molecule has 1 amide bonds. The lowest BCUT2D eigenvalue weighted by Crippen LogP contribution is -2.36. The summed E-state index contributed by atoms with van der Waals surface area (Å²) < 4.78 is 0. The van der Waals surface area contributed by atoms with Crippen LogP contribution in [-0.4, -0.2) is 29.3 Å². The maximum absolute atomic E-state index is 11.4. The first kappa shape index (κ1) is 11.8. The molecule has 2 nitrogen and oxygen atoms in total. The molecule has 0 aliphatic carbocycles. The molecule has 0 N–H and O–H groups in total. The van der Waals surface area contributed by atoms with E-state index in [1.165, 1.54) is 0 Å². The van der Waals surface area contributed by atoms with Crippen molar-refractivity contribution in [2.75, 3.05) is 13.1 Å². The van der Waals surface area contributed by atoms with Gasteiger partial charge in [-0.1, -0.05) is 13.8 Å². The van der Waals surface area contributed by atoms with Crippen molar-refractivity contribution in [3.63, 3.8) is 0 Å². The van der Waals surface area contributed by atoms with E-state index in [1.54, 1.807) is 6.92 Å². The lowest BCUT2D eigenvalue weighted by molar-refractivity contribution is -0.130. The first-order valence-corrected chi connectivity index (χ1v) is 5.00. The van der Waals surface area contributed by atoms with Gasteiger partial charge in [-0.25, -0.2) is 0 Å². The Morgan fingerprint density at radius 3 is 2.00 bits per heavy atom. The van der Waals surface area contributed by atoms with Gasteiger partial charge in [-0.05, 0) is 19.8 Å². The Labute approximate surface area is 79.9 Å². The second kappa shape index (κ2) is 6.30. The molecule has 0 aliphatic heterocycles. The summed E-state index contributed by atoms with van der Waals surface area (Å²) in [6.07, 6.45) is 1.99. The van der Waals surface area contributed by atoms with Crippen molar-refractivity contribution in [2.45, 2.75) is 39.0 Å². The van der Waals surface area contributed by atoms with E-state index >= 15 is 0 Å². The zero-order valence-electron chi connectivity index (χ0n) is 8.14. The van der Waals surface area contributed by atoms with Gasteiger partial charge in [0.05, 0.1) is 0 Å². The van der Waals surface area contributed by atoms with Gasteiger partial charge in [0, 0.05) is 13.1 Å². The number of rotatable bonds is 5. The Morgan fingerprint density at radius 2 is 1.75 bits per heavy atom. The SMILES string of the molecule is CCCN(CCC)C(=O)[C@@H](C)Cl. The average molecular weight is 192 g/mol. The molecule has 0 aliphatic rings. The third-order valence-corrected chi connectivity index (χ3v) is 1.83. The second-order valence-electron chi connectivity index (χ2n) is 2.94. The normalized spacial score (nSPS) is 12.7. The zero-order valence-corrected chi connectivity index (χ0v) is 8.90. The van der Waals surface area contributed by atoms with Crippen LogP contribution in [0.5, 0.6) is 0 Å². The molecule has 1 atom stereocenters. The number of nitrogens with zero attached hydrogens (tertiary/aromatic N) is 1. The molecular formula is C9H18ClNO. The largest absolute Gasteiger partial charge is 0.341 e. The van der Waals surface area contributed by atoms with Crippen LogP contribution < -0.4 is 0 Å². The van der Waals surface area contributed by atoms with Crippen molar-refractivity contribution < 1.29 is 4.79 Å². The minimum absolute atomic E-state index is 0.0559. The highest BCUT2D eigenvalue weighted by atomic mass is 35.5. The maximum atomic E-state index is 11.4. The van der Waals surface area contributed by atoms with E-state index in [1.807, 2.05) is 4.90 Å². The summed E-state index contributed by atoms with van der Waals surface area (Å²) in [5.41, 5.74) is 0. The number of hydrogen-bond donors (Lipinski definition) is 0. The fraction of sp³-hybridized carbons (Fsp3) is 0.889. The fourth-order valence-electron chi connectivity index (χ4n) is 1.12. The van der Waals surface area contributed by atoms with Gasteiger partial charge in [0.2, 0.25) is 5.91 Å². The van der Waals surface area contributed by atoms with Gasteiger partial charge >= 0.3 is 0 Å². The fourth-order valence-corrected chi connectivity index (χ4v) is 1.26. The molecule has 0 saturated heterocycles. The van der Waals surface area contributed by atoms with Crippen molar-refractivity contribution in [1.29, 1.82) is 0 Å². The zero-order chi connectivity index (χ0) is 9.56. The van der Waals surface area contributed by atoms with E-state index in [4.69, 9.17) is 11.6 Å². The number of alkyl halides is 1. The highest BCUT2D eigenvalue weighted by Crippen LogP contribution is 2.03. The van der Waals surface area contributed by atoms with Crippen LogP contribution >= 0.6 is 11.6 Å².